The van der Waals surface area contributed by atoms with E-state index in [0.717, 1.165) is 0 Å². The molecule has 1 rings (SSSR count). The van der Waals surface area contributed by atoms with Crippen molar-refractivity contribution < 1.29 is 14.3 Å². The van der Waals surface area contributed by atoms with Crippen molar-refractivity contribution in [3.8, 4) is 0 Å². The smallest absolute Gasteiger partial charge is 0.338 e. The molecule has 80 valence electrons. The number of halogens is 1. The Hall–Kier alpha value is -1.35. The molecule has 4 heteroatoms. The number of hydrogen-bond acceptors (Lipinski definition) is 3. The van der Waals surface area contributed by atoms with Crippen LogP contribution in [0.4, 0.5) is 0 Å². The van der Waals surface area contributed by atoms with Gasteiger partial charge in [-0.05, 0) is 25.1 Å². The maximum absolute atomic E-state index is 11.4. The van der Waals surface area contributed by atoms with Crippen LogP contribution in [0.25, 0.3) is 0 Å². The van der Waals surface area contributed by atoms with Gasteiger partial charge in [0.1, 0.15) is 5.78 Å². The SMILES string of the molecule is CC(=O)CCOC(=O)c1cccc(Cl)c1. The second-order valence-corrected chi connectivity index (χ2v) is 3.53. The zero-order chi connectivity index (χ0) is 11.3. The first-order valence-corrected chi connectivity index (χ1v) is 4.89. The molecule has 0 saturated heterocycles. The third-order valence-electron chi connectivity index (χ3n) is 1.75. The highest BCUT2D eigenvalue weighted by Crippen LogP contribution is 2.11. The highest BCUT2D eigenvalue weighted by Gasteiger charge is 2.07. The first-order chi connectivity index (χ1) is 7.09. The number of Topliss-reactive ketones (excluding diaryl/α,β-unsaturated/α-hetero) is 1. The molecule has 0 unspecified atom stereocenters. The van der Waals surface area contributed by atoms with Gasteiger partial charge >= 0.3 is 5.97 Å². The first-order valence-electron chi connectivity index (χ1n) is 4.51. The maximum atomic E-state index is 11.4. The molecule has 0 aromatic heterocycles. The van der Waals surface area contributed by atoms with E-state index >= 15 is 0 Å². The molecule has 0 fully saturated rings. The molecule has 0 aliphatic carbocycles. The summed E-state index contributed by atoms with van der Waals surface area (Å²) in [6.45, 7) is 1.56. The zero-order valence-electron chi connectivity index (χ0n) is 8.33. The number of ketones is 1. The predicted molar refractivity (Wildman–Crippen MR) is 57.0 cm³/mol. The Balaban J connectivity index is 2.50. The molecule has 0 aliphatic heterocycles. The molecule has 1 aromatic carbocycles. The minimum atomic E-state index is -0.459. The van der Waals surface area contributed by atoms with Gasteiger partial charge in [-0.2, -0.15) is 0 Å². The summed E-state index contributed by atoms with van der Waals surface area (Å²) in [6.07, 6.45) is 0.242. The van der Waals surface area contributed by atoms with Crippen molar-refractivity contribution in [2.45, 2.75) is 13.3 Å². The first kappa shape index (κ1) is 11.7. The Kier molecular flexibility index (Phi) is 4.31. The molecule has 15 heavy (non-hydrogen) atoms. The fraction of sp³-hybridized carbons (Fsp3) is 0.273. The molecule has 0 heterocycles. The van der Waals surface area contributed by atoms with Crippen molar-refractivity contribution in [1.29, 1.82) is 0 Å². The molecule has 0 bridgehead atoms. The van der Waals surface area contributed by atoms with Crippen LogP contribution in [0.1, 0.15) is 23.7 Å². The van der Waals surface area contributed by atoms with Gasteiger partial charge in [-0.1, -0.05) is 17.7 Å². The molecular formula is C11H11ClO3. The number of hydrogen-bond donors (Lipinski definition) is 0. The topological polar surface area (TPSA) is 43.4 Å². The molecular weight excluding hydrogens is 216 g/mol. The predicted octanol–water partition coefficient (Wildman–Crippen LogP) is 2.48. The molecule has 3 nitrogen and oxygen atoms in total. The second kappa shape index (κ2) is 5.51. The van der Waals surface area contributed by atoms with Crippen molar-refractivity contribution in [3.63, 3.8) is 0 Å². The van der Waals surface area contributed by atoms with E-state index in [0.29, 0.717) is 10.6 Å². The Morgan fingerprint density at radius 3 is 2.73 bits per heavy atom. The highest BCUT2D eigenvalue weighted by atomic mass is 35.5. The average Bonchev–Trinajstić information content (AvgIpc) is 2.17. The van der Waals surface area contributed by atoms with E-state index in [1.54, 1.807) is 18.2 Å². The molecule has 0 amide bonds. The molecule has 1 aromatic rings. The number of carbonyl (C=O) groups is 2. The van der Waals surface area contributed by atoms with Crippen LogP contribution >= 0.6 is 11.6 Å². The molecule has 0 aliphatic rings. The second-order valence-electron chi connectivity index (χ2n) is 3.10. The van der Waals surface area contributed by atoms with Crippen LogP contribution in [0.15, 0.2) is 24.3 Å². The fourth-order valence-corrected chi connectivity index (χ4v) is 1.18. The van der Waals surface area contributed by atoms with Crippen LogP contribution in [0.5, 0.6) is 0 Å². The lowest BCUT2D eigenvalue weighted by atomic mass is 10.2. The van der Waals surface area contributed by atoms with Gasteiger partial charge in [0.25, 0.3) is 0 Å². The van der Waals surface area contributed by atoms with Gasteiger partial charge in [-0.15, -0.1) is 0 Å². The van der Waals surface area contributed by atoms with E-state index in [9.17, 15) is 9.59 Å². The standard InChI is InChI=1S/C11H11ClO3/c1-8(13)5-6-15-11(14)9-3-2-4-10(12)7-9/h2-4,7H,5-6H2,1H3. The number of benzene rings is 1. The highest BCUT2D eigenvalue weighted by molar-refractivity contribution is 6.30. The van der Waals surface area contributed by atoms with E-state index < -0.39 is 5.97 Å². The summed E-state index contributed by atoms with van der Waals surface area (Å²) in [5, 5.41) is 0.482. The summed E-state index contributed by atoms with van der Waals surface area (Å²) in [6, 6.07) is 6.48. The van der Waals surface area contributed by atoms with Gasteiger partial charge in [0, 0.05) is 11.4 Å². The van der Waals surface area contributed by atoms with Crippen LogP contribution in [-0.4, -0.2) is 18.4 Å². The van der Waals surface area contributed by atoms with E-state index in [1.807, 2.05) is 0 Å². The third kappa shape index (κ3) is 4.13. The summed E-state index contributed by atoms with van der Waals surface area (Å²) in [4.78, 5) is 22.0. The van der Waals surface area contributed by atoms with Crippen molar-refractivity contribution in [3.05, 3.63) is 34.9 Å². The number of ether oxygens (including phenoxy) is 1. The van der Waals surface area contributed by atoms with Crippen molar-refractivity contribution in [2.24, 2.45) is 0 Å². The van der Waals surface area contributed by atoms with E-state index in [2.05, 4.69) is 0 Å². The van der Waals surface area contributed by atoms with Crippen molar-refractivity contribution in [2.75, 3.05) is 6.61 Å². The van der Waals surface area contributed by atoms with Crippen LogP contribution < -0.4 is 0 Å². The van der Waals surface area contributed by atoms with Crippen molar-refractivity contribution >= 4 is 23.4 Å². The summed E-state index contributed by atoms with van der Waals surface area (Å²) in [5.41, 5.74) is 0.394. The normalized spacial score (nSPS) is 9.73. The van der Waals surface area contributed by atoms with Crippen LogP contribution in [0.2, 0.25) is 5.02 Å². The summed E-state index contributed by atoms with van der Waals surface area (Å²) >= 11 is 5.71. The van der Waals surface area contributed by atoms with Gasteiger partial charge in [0.15, 0.2) is 0 Å². The van der Waals surface area contributed by atoms with E-state index in [-0.39, 0.29) is 18.8 Å². The molecule has 0 radical (unpaired) electrons. The number of esters is 1. The van der Waals surface area contributed by atoms with Gasteiger partial charge in [0.2, 0.25) is 0 Å². The maximum Gasteiger partial charge on any atom is 0.338 e. The zero-order valence-corrected chi connectivity index (χ0v) is 9.08. The molecule has 0 saturated carbocycles. The quantitative estimate of drug-likeness (QED) is 0.741. The third-order valence-corrected chi connectivity index (χ3v) is 1.98. The number of carbonyl (C=O) groups excluding carboxylic acids is 2. The average molecular weight is 227 g/mol. The minimum Gasteiger partial charge on any atom is -0.462 e. The number of rotatable bonds is 4. The largest absolute Gasteiger partial charge is 0.462 e. The summed E-state index contributed by atoms with van der Waals surface area (Å²) < 4.78 is 4.88. The van der Waals surface area contributed by atoms with Gasteiger partial charge in [-0.25, -0.2) is 4.79 Å². The summed E-state index contributed by atoms with van der Waals surface area (Å²) in [5.74, 6) is -0.465. The molecule has 0 atom stereocenters. The van der Waals surface area contributed by atoms with Gasteiger partial charge < -0.3 is 4.74 Å². The van der Waals surface area contributed by atoms with Gasteiger partial charge in [-0.3, -0.25) is 4.79 Å². The Morgan fingerprint density at radius 1 is 1.40 bits per heavy atom. The molecule has 0 spiro atoms. The van der Waals surface area contributed by atoms with Gasteiger partial charge in [0.05, 0.1) is 12.2 Å². The van der Waals surface area contributed by atoms with E-state index in [4.69, 9.17) is 16.3 Å². The molecule has 0 N–H and O–H groups in total. The Bertz CT molecular complexity index is 374. The Morgan fingerprint density at radius 2 is 2.13 bits per heavy atom. The van der Waals surface area contributed by atoms with Crippen LogP contribution in [-0.2, 0) is 9.53 Å². The van der Waals surface area contributed by atoms with Crippen LogP contribution in [0.3, 0.4) is 0 Å². The van der Waals surface area contributed by atoms with Crippen LogP contribution in [0, 0.1) is 0 Å². The Labute approximate surface area is 93.0 Å². The monoisotopic (exact) mass is 226 g/mol. The van der Waals surface area contributed by atoms with Crippen molar-refractivity contribution in [1.82, 2.24) is 0 Å². The van der Waals surface area contributed by atoms with E-state index in [1.165, 1.54) is 13.0 Å². The lowest BCUT2D eigenvalue weighted by molar-refractivity contribution is -0.117. The fourth-order valence-electron chi connectivity index (χ4n) is 0.986. The minimum absolute atomic E-state index is 0.00565. The lowest BCUT2D eigenvalue weighted by Gasteiger charge is -2.03. The lowest BCUT2D eigenvalue weighted by Crippen LogP contribution is -2.08. The summed E-state index contributed by atoms with van der Waals surface area (Å²) in [7, 11) is 0.